The van der Waals surface area contributed by atoms with Crippen molar-refractivity contribution in [2.45, 2.75) is 25.8 Å². The van der Waals surface area contributed by atoms with Crippen LogP contribution in [0.1, 0.15) is 41.0 Å². The largest absolute Gasteiger partial charge is 0.350 e. The van der Waals surface area contributed by atoms with E-state index in [0.29, 0.717) is 17.8 Å². The molecule has 1 atom stereocenters. The number of amides is 1. The number of aromatic amines is 1. The molecule has 3 aromatic rings. The Kier molecular flexibility index (Phi) is 6.06. The number of thiophene rings is 1. The summed E-state index contributed by atoms with van der Waals surface area (Å²) >= 11 is 1.73. The van der Waals surface area contributed by atoms with Gasteiger partial charge in [-0.1, -0.05) is 13.0 Å². The Hall–Kier alpha value is -2.51. The topological polar surface area (TPSA) is 61.0 Å². The van der Waals surface area contributed by atoms with Crippen LogP contribution in [-0.2, 0) is 0 Å². The highest BCUT2D eigenvalue weighted by Crippen LogP contribution is 2.29. The molecule has 5 nitrogen and oxygen atoms in total. The van der Waals surface area contributed by atoms with E-state index in [1.54, 1.807) is 23.5 Å². The second-order valence-electron chi connectivity index (χ2n) is 7.63. The van der Waals surface area contributed by atoms with Crippen LogP contribution in [0.2, 0.25) is 0 Å². The Bertz CT molecular complexity index is 930. The molecule has 3 heterocycles. The second-order valence-corrected chi connectivity index (χ2v) is 8.60. The standard InChI is InChI=1S/C22H25FN4OS/c1-15-8-10-27(11-9-15)19(20-3-2-12-29-20)14-24-22(28)18-13-25-26-21(18)16-4-6-17(23)7-5-16/h2-7,12-13,15,19H,8-11,14H2,1H3,(H,24,28)(H,25,26). The van der Waals surface area contributed by atoms with E-state index >= 15 is 0 Å². The fourth-order valence-electron chi connectivity index (χ4n) is 3.81. The zero-order valence-electron chi connectivity index (χ0n) is 16.4. The van der Waals surface area contributed by atoms with Gasteiger partial charge in [-0.2, -0.15) is 5.10 Å². The van der Waals surface area contributed by atoms with Gasteiger partial charge in [-0.25, -0.2) is 4.39 Å². The Morgan fingerprint density at radius 2 is 2.07 bits per heavy atom. The van der Waals surface area contributed by atoms with Crippen LogP contribution < -0.4 is 5.32 Å². The molecule has 1 fully saturated rings. The molecule has 1 aliphatic rings. The van der Waals surface area contributed by atoms with Crippen LogP contribution in [0.5, 0.6) is 0 Å². The van der Waals surface area contributed by atoms with Crippen molar-refractivity contribution in [3.8, 4) is 11.3 Å². The third kappa shape index (κ3) is 4.57. The molecule has 152 valence electrons. The van der Waals surface area contributed by atoms with Gasteiger partial charge < -0.3 is 5.32 Å². The third-order valence-corrected chi connectivity index (χ3v) is 6.58. The maximum atomic E-state index is 13.2. The summed E-state index contributed by atoms with van der Waals surface area (Å²) < 4.78 is 13.2. The molecule has 1 unspecified atom stereocenters. The van der Waals surface area contributed by atoms with Gasteiger partial charge in [0.1, 0.15) is 5.82 Å². The molecule has 2 N–H and O–H groups in total. The molecule has 1 aromatic carbocycles. The van der Waals surface area contributed by atoms with E-state index in [1.165, 1.54) is 36.0 Å². The third-order valence-electron chi connectivity index (χ3n) is 5.60. The summed E-state index contributed by atoms with van der Waals surface area (Å²) in [6.07, 6.45) is 3.90. The molecule has 1 saturated heterocycles. The van der Waals surface area contributed by atoms with Crippen LogP contribution in [0.3, 0.4) is 0 Å². The van der Waals surface area contributed by atoms with Gasteiger partial charge in [0.05, 0.1) is 23.5 Å². The molecule has 2 aromatic heterocycles. The van der Waals surface area contributed by atoms with E-state index in [1.807, 2.05) is 0 Å². The number of nitrogens with zero attached hydrogens (tertiary/aromatic N) is 2. The van der Waals surface area contributed by atoms with Gasteiger partial charge in [0.2, 0.25) is 0 Å². The fourth-order valence-corrected chi connectivity index (χ4v) is 4.67. The number of benzene rings is 1. The lowest BCUT2D eigenvalue weighted by atomic mass is 9.97. The summed E-state index contributed by atoms with van der Waals surface area (Å²) in [5.41, 5.74) is 1.80. The number of nitrogens with one attached hydrogen (secondary N) is 2. The first-order valence-corrected chi connectivity index (χ1v) is 10.8. The number of halogens is 1. The van der Waals surface area contributed by atoms with Gasteiger partial charge in [0, 0.05) is 17.0 Å². The minimum absolute atomic E-state index is 0.174. The summed E-state index contributed by atoms with van der Waals surface area (Å²) in [7, 11) is 0. The van der Waals surface area contributed by atoms with Crippen molar-refractivity contribution in [3.05, 3.63) is 64.2 Å². The molecule has 1 aliphatic heterocycles. The Morgan fingerprint density at radius 3 is 2.76 bits per heavy atom. The van der Waals surface area contributed by atoms with Crippen LogP contribution in [0.15, 0.2) is 48.0 Å². The fraction of sp³-hybridized carbons (Fsp3) is 0.364. The molecule has 0 saturated carbocycles. The quantitative estimate of drug-likeness (QED) is 0.628. The predicted octanol–water partition coefficient (Wildman–Crippen LogP) is 4.48. The van der Waals surface area contributed by atoms with E-state index in [0.717, 1.165) is 24.6 Å². The van der Waals surface area contributed by atoms with Crippen LogP contribution in [0, 0.1) is 11.7 Å². The first-order chi connectivity index (χ1) is 14.1. The summed E-state index contributed by atoms with van der Waals surface area (Å²) in [5.74, 6) is 0.271. The monoisotopic (exact) mass is 412 g/mol. The smallest absolute Gasteiger partial charge is 0.255 e. The van der Waals surface area contributed by atoms with E-state index in [4.69, 9.17) is 0 Å². The van der Waals surface area contributed by atoms with E-state index in [9.17, 15) is 9.18 Å². The van der Waals surface area contributed by atoms with Gasteiger partial charge in [0.15, 0.2) is 0 Å². The van der Waals surface area contributed by atoms with Crippen molar-refractivity contribution in [2.75, 3.05) is 19.6 Å². The predicted molar refractivity (Wildman–Crippen MR) is 113 cm³/mol. The zero-order chi connectivity index (χ0) is 20.2. The van der Waals surface area contributed by atoms with Crippen molar-refractivity contribution in [3.63, 3.8) is 0 Å². The SMILES string of the molecule is CC1CCN(C(CNC(=O)c2cn[nH]c2-c2ccc(F)cc2)c2cccs2)CC1. The minimum atomic E-state index is -0.311. The van der Waals surface area contributed by atoms with E-state index in [-0.39, 0.29) is 17.8 Å². The molecule has 0 radical (unpaired) electrons. The van der Waals surface area contributed by atoms with Gasteiger partial charge in [-0.15, -0.1) is 11.3 Å². The number of likely N-dealkylation sites (tertiary alicyclic amines) is 1. The van der Waals surface area contributed by atoms with Crippen molar-refractivity contribution < 1.29 is 9.18 Å². The molecule has 0 aliphatic carbocycles. The summed E-state index contributed by atoms with van der Waals surface area (Å²) in [6.45, 7) is 4.94. The van der Waals surface area contributed by atoms with Crippen molar-refractivity contribution >= 4 is 17.2 Å². The van der Waals surface area contributed by atoms with Gasteiger partial charge in [-0.05, 0) is 67.6 Å². The Labute approximate surface area is 173 Å². The van der Waals surface area contributed by atoms with Gasteiger partial charge >= 0.3 is 0 Å². The molecule has 0 spiro atoms. The second kappa shape index (κ2) is 8.88. The summed E-state index contributed by atoms with van der Waals surface area (Å²) in [5, 5.41) is 12.1. The Balaban J connectivity index is 1.48. The van der Waals surface area contributed by atoms with Crippen LogP contribution in [-0.4, -0.2) is 40.6 Å². The number of hydrogen-bond acceptors (Lipinski definition) is 4. The van der Waals surface area contributed by atoms with E-state index in [2.05, 4.69) is 44.9 Å². The number of carbonyl (C=O) groups excluding carboxylic acids is 1. The maximum absolute atomic E-state index is 13.2. The maximum Gasteiger partial charge on any atom is 0.255 e. The number of rotatable bonds is 6. The number of carbonyl (C=O) groups is 1. The highest BCUT2D eigenvalue weighted by atomic mass is 32.1. The van der Waals surface area contributed by atoms with Gasteiger partial charge in [0.25, 0.3) is 5.91 Å². The number of aromatic nitrogens is 2. The van der Waals surface area contributed by atoms with Crippen LogP contribution in [0.25, 0.3) is 11.3 Å². The lowest BCUT2D eigenvalue weighted by Gasteiger charge is -2.36. The number of piperidine rings is 1. The summed E-state index contributed by atoms with van der Waals surface area (Å²) in [4.78, 5) is 16.7. The first kappa shape index (κ1) is 19.8. The lowest BCUT2D eigenvalue weighted by molar-refractivity contribution is 0.0915. The van der Waals surface area contributed by atoms with Crippen LogP contribution >= 0.6 is 11.3 Å². The molecule has 4 rings (SSSR count). The molecule has 1 amide bonds. The van der Waals surface area contributed by atoms with Crippen LogP contribution in [0.4, 0.5) is 4.39 Å². The Morgan fingerprint density at radius 1 is 1.31 bits per heavy atom. The molecular formula is C22H25FN4OS. The molecule has 29 heavy (non-hydrogen) atoms. The average Bonchev–Trinajstić information content (AvgIpc) is 3.42. The summed E-state index contributed by atoms with van der Waals surface area (Å²) in [6, 6.07) is 10.4. The zero-order valence-corrected chi connectivity index (χ0v) is 17.2. The number of H-pyrrole nitrogens is 1. The van der Waals surface area contributed by atoms with E-state index < -0.39 is 0 Å². The van der Waals surface area contributed by atoms with Crippen molar-refractivity contribution in [1.82, 2.24) is 20.4 Å². The molecule has 0 bridgehead atoms. The normalized spacial score (nSPS) is 16.6. The lowest BCUT2D eigenvalue weighted by Crippen LogP contribution is -2.41. The highest BCUT2D eigenvalue weighted by Gasteiger charge is 2.26. The average molecular weight is 413 g/mol. The number of hydrogen-bond donors (Lipinski definition) is 2. The highest BCUT2D eigenvalue weighted by molar-refractivity contribution is 7.10. The molecular weight excluding hydrogens is 387 g/mol. The van der Waals surface area contributed by atoms with Crippen molar-refractivity contribution in [2.24, 2.45) is 5.92 Å². The van der Waals surface area contributed by atoms with Gasteiger partial charge in [-0.3, -0.25) is 14.8 Å². The first-order valence-electron chi connectivity index (χ1n) is 9.97. The molecule has 7 heteroatoms. The minimum Gasteiger partial charge on any atom is -0.350 e. The van der Waals surface area contributed by atoms with Crippen molar-refractivity contribution in [1.29, 1.82) is 0 Å².